The fourth-order valence-electron chi connectivity index (χ4n) is 2.44. The van der Waals surface area contributed by atoms with Crippen LogP contribution in [0.4, 0.5) is 4.39 Å². The molecule has 2 rings (SSSR count). The number of halogens is 1. The summed E-state index contributed by atoms with van der Waals surface area (Å²) in [4.78, 5) is 6.90. The zero-order chi connectivity index (χ0) is 14.5. The standard InChI is InChI=1S/C15H24FN3O/c1-17(2)6-7-18-8-10-19(11-9-18)12-13-4-3-5-14(16)15(13)20/h3-5,20H,6-12H2,1-2H3. The van der Waals surface area contributed by atoms with Gasteiger partial charge in [0.1, 0.15) is 0 Å². The summed E-state index contributed by atoms with van der Waals surface area (Å²) in [6.45, 7) is 6.77. The Morgan fingerprint density at radius 3 is 2.45 bits per heavy atom. The Bertz CT molecular complexity index is 431. The number of benzene rings is 1. The molecule has 1 aromatic carbocycles. The van der Waals surface area contributed by atoms with E-state index >= 15 is 0 Å². The van der Waals surface area contributed by atoms with Crippen molar-refractivity contribution in [1.82, 2.24) is 14.7 Å². The number of hydrogen-bond donors (Lipinski definition) is 1. The Balaban J connectivity index is 1.81. The normalized spacial score (nSPS) is 17.8. The van der Waals surface area contributed by atoms with Crippen LogP contribution in [0.15, 0.2) is 18.2 Å². The van der Waals surface area contributed by atoms with E-state index in [1.54, 1.807) is 12.1 Å². The number of phenols is 1. The summed E-state index contributed by atoms with van der Waals surface area (Å²) >= 11 is 0. The molecule has 0 atom stereocenters. The number of aromatic hydroxyl groups is 1. The molecule has 1 saturated heterocycles. The van der Waals surface area contributed by atoms with Crippen LogP contribution >= 0.6 is 0 Å². The first-order valence-electron chi connectivity index (χ1n) is 7.12. The molecule has 1 heterocycles. The predicted molar refractivity (Wildman–Crippen MR) is 78.3 cm³/mol. The van der Waals surface area contributed by atoms with Gasteiger partial charge in [-0.2, -0.15) is 0 Å². The first kappa shape index (κ1) is 15.2. The van der Waals surface area contributed by atoms with Crippen molar-refractivity contribution in [2.24, 2.45) is 0 Å². The zero-order valence-corrected chi connectivity index (χ0v) is 12.3. The monoisotopic (exact) mass is 281 g/mol. The summed E-state index contributed by atoms with van der Waals surface area (Å²) in [5.41, 5.74) is 0.673. The zero-order valence-electron chi connectivity index (χ0n) is 12.3. The molecule has 20 heavy (non-hydrogen) atoms. The summed E-state index contributed by atoms with van der Waals surface area (Å²) in [5.74, 6) is -0.741. The molecule has 0 saturated carbocycles. The minimum absolute atomic E-state index is 0.206. The molecule has 1 aromatic rings. The quantitative estimate of drug-likeness (QED) is 0.879. The molecule has 0 bridgehead atoms. The van der Waals surface area contributed by atoms with E-state index in [1.807, 2.05) is 0 Å². The number of nitrogens with zero attached hydrogens (tertiary/aromatic N) is 3. The van der Waals surface area contributed by atoms with Crippen molar-refractivity contribution < 1.29 is 9.50 Å². The van der Waals surface area contributed by atoms with Crippen molar-refractivity contribution in [2.75, 3.05) is 53.4 Å². The Morgan fingerprint density at radius 1 is 1.15 bits per heavy atom. The highest BCUT2D eigenvalue weighted by atomic mass is 19.1. The molecule has 0 amide bonds. The minimum Gasteiger partial charge on any atom is -0.505 e. The Labute approximate surface area is 120 Å². The van der Waals surface area contributed by atoms with Crippen LogP contribution in [0.5, 0.6) is 5.75 Å². The lowest BCUT2D eigenvalue weighted by molar-refractivity contribution is 0.120. The first-order valence-corrected chi connectivity index (χ1v) is 7.12. The highest BCUT2D eigenvalue weighted by molar-refractivity contribution is 5.33. The number of phenolic OH excluding ortho intramolecular Hbond substituents is 1. The van der Waals surface area contributed by atoms with Crippen molar-refractivity contribution in [3.8, 4) is 5.75 Å². The average molecular weight is 281 g/mol. The molecule has 0 spiro atoms. The number of rotatable bonds is 5. The molecule has 0 aromatic heterocycles. The summed E-state index contributed by atoms with van der Waals surface area (Å²) in [5, 5.41) is 9.71. The predicted octanol–water partition coefficient (Wildman–Crippen LogP) is 1.21. The number of para-hydroxylation sites is 1. The van der Waals surface area contributed by atoms with Crippen LogP contribution in [0, 0.1) is 5.82 Å². The van der Waals surface area contributed by atoms with Gasteiger partial charge in [0, 0.05) is 51.4 Å². The summed E-state index contributed by atoms with van der Waals surface area (Å²) in [6.07, 6.45) is 0. The first-order chi connectivity index (χ1) is 9.56. The van der Waals surface area contributed by atoms with Crippen LogP contribution in [0.25, 0.3) is 0 Å². The molecule has 1 fully saturated rings. The Hall–Kier alpha value is -1.17. The molecule has 0 aliphatic carbocycles. The van der Waals surface area contributed by atoms with Gasteiger partial charge in [-0.25, -0.2) is 4.39 Å². The second kappa shape index (κ2) is 7.02. The fraction of sp³-hybridized carbons (Fsp3) is 0.600. The fourth-order valence-corrected chi connectivity index (χ4v) is 2.44. The van der Waals surface area contributed by atoms with E-state index in [2.05, 4.69) is 28.8 Å². The van der Waals surface area contributed by atoms with Gasteiger partial charge in [-0.1, -0.05) is 12.1 Å². The third-order valence-corrected chi connectivity index (χ3v) is 3.79. The number of likely N-dealkylation sites (N-methyl/N-ethyl adjacent to an activating group) is 1. The minimum atomic E-state index is -0.535. The van der Waals surface area contributed by atoms with Gasteiger partial charge >= 0.3 is 0 Å². The van der Waals surface area contributed by atoms with E-state index in [4.69, 9.17) is 0 Å². The van der Waals surface area contributed by atoms with Crippen LogP contribution in [0.1, 0.15) is 5.56 Å². The van der Waals surface area contributed by atoms with Crippen molar-refractivity contribution in [3.63, 3.8) is 0 Å². The number of piperazine rings is 1. The largest absolute Gasteiger partial charge is 0.505 e. The van der Waals surface area contributed by atoms with E-state index in [9.17, 15) is 9.50 Å². The average Bonchev–Trinajstić information content (AvgIpc) is 2.43. The Kier molecular flexibility index (Phi) is 5.34. The van der Waals surface area contributed by atoms with E-state index in [-0.39, 0.29) is 5.75 Å². The lowest BCUT2D eigenvalue weighted by Gasteiger charge is -2.35. The summed E-state index contributed by atoms with van der Waals surface area (Å²) < 4.78 is 13.3. The second-order valence-corrected chi connectivity index (χ2v) is 5.67. The van der Waals surface area contributed by atoms with Crippen LogP contribution in [-0.4, -0.2) is 73.2 Å². The smallest absolute Gasteiger partial charge is 0.165 e. The van der Waals surface area contributed by atoms with Gasteiger partial charge in [0.15, 0.2) is 11.6 Å². The van der Waals surface area contributed by atoms with E-state index in [0.29, 0.717) is 12.1 Å². The maximum Gasteiger partial charge on any atom is 0.165 e. The summed E-state index contributed by atoms with van der Waals surface area (Å²) in [6, 6.07) is 4.73. The lowest BCUT2D eigenvalue weighted by atomic mass is 10.1. The molecular weight excluding hydrogens is 257 g/mol. The van der Waals surface area contributed by atoms with E-state index in [1.165, 1.54) is 6.07 Å². The van der Waals surface area contributed by atoms with E-state index in [0.717, 1.165) is 39.3 Å². The lowest BCUT2D eigenvalue weighted by Crippen LogP contribution is -2.47. The van der Waals surface area contributed by atoms with Crippen molar-refractivity contribution in [3.05, 3.63) is 29.6 Å². The molecule has 112 valence electrons. The SMILES string of the molecule is CN(C)CCN1CCN(Cc2cccc(F)c2O)CC1. The van der Waals surface area contributed by atoms with Gasteiger partial charge in [0.25, 0.3) is 0 Å². The summed E-state index contributed by atoms with van der Waals surface area (Å²) in [7, 11) is 4.17. The van der Waals surface area contributed by atoms with E-state index < -0.39 is 5.82 Å². The van der Waals surface area contributed by atoms with Crippen LogP contribution in [-0.2, 0) is 6.54 Å². The van der Waals surface area contributed by atoms with Crippen molar-refractivity contribution in [2.45, 2.75) is 6.54 Å². The molecule has 0 radical (unpaired) electrons. The molecule has 0 unspecified atom stereocenters. The van der Waals surface area contributed by atoms with Gasteiger partial charge < -0.3 is 10.0 Å². The Morgan fingerprint density at radius 2 is 1.80 bits per heavy atom. The number of hydrogen-bond acceptors (Lipinski definition) is 4. The van der Waals surface area contributed by atoms with Crippen LogP contribution in [0.2, 0.25) is 0 Å². The van der Waals surface area contributed by atoms with Crippen molar-refractivity contribution in [1.29, 1.82) is 0 Å². The maximum atomic E-state index is 13.3. The second-order valence-electron chi connectivity index (χ2n) is 5.67. The van der Waals surface area contributed by atoms with Crippen molar-refractivity contribution >= 4 is 0 Å². The molecule has 1 aliphatic rings. The molecular formula is C15H24FN3O. The van der Waals surface area contributed by atoms with Crippen LogP contribution in [0.3, 0.4) is 0 Å². The molecule has 1 N–H and O–H groups in total. The molecule has 4 nitrogen and oxygen atoms in total. The maximum absolute atomic E-state index is 13.3. The third kappa shape index (κ3) is 4.16. The topological polar surface area (TPSA) is 30.0 Å². The van der Waals surface area contributed by atoms with Crippen LogP contribution < -0.4 is 0 Å². The van der Waals surface area contributed by atoms with Gasteiger partial charge in [-0.3, -0.25) is 9.80 Å². The molecule has 1 aliphatic heterocycles. The van der Waals surface area contributed by atoms with Gasteiger partial charge in [0.05, 0.1) is 0 Å². The molecule has 5 heteroatoms. The van der Waals surface area contributed by atoms with Gasteiger partial charge in [-0.15, -0.1) is 0 Å². The highest BCUT2D eigenvalue weighted by Gasteiger charge is 2.18. The van der Waals surface area contributed by atoms with Gasteiger partial charge in [-0.05, 0) is 20.2 Å². The van der Waals surface area contributed by atoms with Gasteiger partial charge in [0.2, 0.25) is 0 Å². The third-order valence-electron chi connectivity index (χ3n) is 3.79. The highest BCUT2D eigenvalue weighted by Crippen LogP contribution is 2.22.